The van der Waals surface area contributed by atoms with E-state index in [-0.39, 0.29) is 17.4 Å². The predicted molar refractivity (Wildman–Crippen MR) is 109 cm³/mol. The summed E-state index contributed by atoms with van der Waals surface area (Å²) in [4.78, 5) is 28.5. The van der Waals surface area contributed by atoms with Gasteiger partial charge in [-0.3, -0.25) is 9.78 Å². The third-order valence-corrected chi connectivity index (χ3v) is 3.84. The third-order valence-electron chi connectivity index (χ3n) is 3.84. The molecule has 0 aliphatic carbocycles. The molecule has 0 radical (unpaired) electrons. The molecule has 7 heteroatoms. The number of rotatable bonds is 8. The van der Waals surface area contributed by atoms with Crippen LogP contribution in [0.1, 0.15) is 53.5 Å². The Balaban J connectivity index is 2.80. The van der Waals surface area contributed by atoms with Gasteiger partial charge in [0, 0.05) is 25.0 Å². The minimum atomic E-state index is -0.571. The molecule has 0 fully saturated rings. The van der Waals surface area contributed by atoms with Crippen LogP contribution >= 0.6 is 0 Å². The van der Waals surface area contributed by atoms with Crippen LogP contribution in [-0.2, 0) is 20.7 Å². The first-order valence-electron chi connectivity index (χ1n) is 9.59. The number of carbonyl (C=O) groups is 2. The van der Waals surface area contributed by atoms with Gasteiger partial charge < -0.3 is 20.1 Å². The molecule has 1 rings (SSSR count). The Bertz CT molecular complexity index is 621. The van der Waals surface area contributed by atoms with Crippen LogP contribution in [0.25, 0.3) is 0 Å². The van der Waals surface area contributed by atoms with Gasteiger partial charge in [0.15, 0.2) is 0 Å². The summed E-state index contributed by atoms with van der Waals surface area (Å²) in [6, 6.07) is 3.01. The summed E-state index contributed by atoms with van der Waals surface area (Å²) in [5, 5.41) is 6.16. The molecule has 0 aliphatic heterocycles. The first kappa shape index (κ1) is 23.9. The van der Waals surface area contributed by atoms with Crippen LogP contribution in [-0.4, -0.2) is 48.4 Å². The zero-order valence-corrected chi connectivity index (χ0v) is 18.2. The van der Waals surface area contributed by atoms with Gasteiger partial charge >= 0.3 is 12.1 Å². The van der Waals surface area contributed by atoms with Crippen molar-refractivity contribution in [3.63, 3.8) is 0 Å². The number of pyridine rings is 1. The van der Waals surface area contributed by atoms with E-state index in [0.29, 0.717) is 13.0 Å². The molecule has 7 nitrogen and oxygen atoms in total. The van der Waals surface area contributed by atoms with Gasteiger partial charge in [-0.15, -0.1) is 0 Å². The number of alkyl carbamates (subject to hydrolysis) is 1. The van der Waals surface area contributed by atoms with Crippen molar-refractivity contribution in [2.45, 2.75) is 72.1 Å². The van der Waals surface area contributed by atoms with Gasteiger partial charge in [0.05, 0.1) is 7.11 Å². The molecular weight excluding hydrogens is 358 g/mol. The number of amides is 1. The molecule has 2 atom stereocenters. The predicted octanol–water partition coefficient (Wildman–Crippen LogP) is 3.08. The standard InChI is InChI=1S/C21H35N3O4/c1-20(2,3)12-16(24-19(26)28-21(4,5)6)14-23-17(18(25)27-7)11-15-9-8-10-22-13-15/h8-10,13,16-17,23H,11-12,14H2,1-7H3,(H,24,26)/t16-,17-/m0/s1. The molecule has 1 aromatic heterocycles. The second-order valence-electron chi connectivity index (χ2n) is 9.16. The van der Waals surface area contributed by atoms with Crippen molar-refractivity contribution in [1.29, 1.82) is 0 Å². The van der Waals surface area contributed by atoms with Crippen molar-refractivity contribution in [1.82, 2.24) is 15.6 Å². The Labute approximate surface area is 168 Å². The lowest BCUT2D eigenvalue weighted by Gasteiger charge is -2.29. The van der Waals surface area contributed by atoms with Gasteiger partial charge in [-0.05, 0) is 50.7 Å². The second-order valence-corrected chi connectivity index (χ2v) is 9.16. The van der Waals surface area contributed by atoms with Crippen LogP contribution in [0.2, 0.25) is 0 Å². The maximum Gasteiger partial charge on any atom is 0.407 e. The number of methoxy groups -OCH3 is 1. The highest BCUT2D eigenvalue weighted by Crippen LogP contribution is 2.21. The maximum atomic E-state index is 12.2. The maximum absolute atomic E-state index is 12.2. The molecule has 0 saturated carbocycles. The lowest BCUT2D eigenvalue weighted by Crippen LogP contribution is -2.50. The summed E-state index contributed by atoms with van der Waals surface area (Å²) >= 11 is 0. The zero-order valence-electron chi connectivity index (χ0n) is 18.2. The summed E-state index contributed by atoms with van der Waals surface area (Å²) in [7, 11) is 1.37. The fraction of sp³-hybridized carbons (Fsp3) is 0.667. The largest absolute Gasteiger partial charge is 0.468 e. The summed E-state index contributed by atoms with van der Waals surface area (Å²) in [5.41, 5.74) is 0.349. The monoisotopic (exact) mass is 393 g/mol. The molecule has 1 heterocycles. The summed E-state index contributed by atoms with van der Waals surface area (Å²) in [5.74, 6) is -0.351. The minimum absolute atomic E-state index is 0.00846. The molecule has 0 aliphatic rings. The Hall–Kier alpha value is -2.15. The SMILES string of the molecule is COC(=O)[C@H](Cc1cccnc1)NC[C@H](CC(C)(C)C)NC(=O)OC(C)(C)C. The third kappa shape index (κ3) is 10.3. The molecule has 1 amide bonds. The number of nitrogens with zero attached hydrogens (tertiary/aromatic N) is 1. The van der Waals surface area contributed by atoms with Gasteiger partial charge in [-0.1, -0.05) is 26.8 Å². The normalized spacial score (nSPS) is 14.1. The molecule has 1 aromatic rings. The first-order chi connectivity index (χ1) is 12.9. The minimum Gasteiger partial charge on any atom is -0.468 e. The zero-order chi connectivity index (χ0) is 21.4. The number of nitrogens with one attached hydrogen (secondary N) is 2. The number of esters is 1. The van der Waals surface area contributed by atoms with Crippen LogP contribution in [0.4, 0.5) is 4.79 Å². The van der Waals surface area contributed by atoms with E-state index in [1.807, 2.05) is 32.9 Å². The smallest absolute Gasteiger partial charge is 0.407 e. The van der Waals surface area contributed by atoms with Crippen molar-refractivity contribution in [2.24, 2.45) is 5.41 Å². The van der Waals surface area contributed by atoms with E-state index in [1.165, 1.54) is 7.11 Å². The average molecular weight is 394 g/mol. The van der Waals surface area contributed by atoms with E-state index in [1.54, 1.807) is 12.4 Å². The summed E-state index contributed by atoms with van der Waals surface area (Å²) in [6.07, 6.45) is 4.12. The number of hydrogen-bond acceptors (Lipinski definition) is 6. The Morgan fingerprint density at radius 3 is 2.36 bits per heavy atom. The van der Waals surface area contributed by atoms with Gasteiger partial charge in [0.2, 0.25) is 0 Å². The van der Waals surface area contributed by atoms with Crippen LogP contribution in [0, 0.1) is 5.41 Å². The molecule has 158 valence electrons. The van der Waals surface area contributed by atoms with Crippen molar-refractivity contribution < 1.29 is 19.1 Å². The van der Waals surface area contributed by atoms with Crippen molar-refractivity contribution in [3.05, 3.63) is 30.1 Å². The quantitative estimate of drug-likeness (QED) is 0.660. The van der Waals surface area contributed by atoms with Crippen LogP contribution in [0.3, 0.4) is 0 Å². The fourth-order valence-corrected chi connectivity index (χ4v) is 2.81. The van der Waals surface area contributed by atoms with Crippen LogP contribution < -0.4 is 10.6 Å². The number of carbonyl (C=O) groups excluding carboxylic acids is 2. The lowest BCUT2D eigenvalue weighted by atomic mass is 9.88. The first-order valence-corrected chi connectivity index (χ1v) is 9.59. The second kappa shape index (κ2) is 10.4. The van der Waals surface area contributed by atoms with E-state index in [0.717, 1.165) is 12.0 Å². The van der Waals surface area contributed by atoms with Crippen LogP contribution in [0.15, 0.2) is 24.5 Å². The summed E-state index contributed by atoms with van der Waals surface area (Å²) in [6.45, 7) is 12.2. The molecule has 0 saturated heterocycles. The highest BCUT2D eigenvalue weighted by molar-refractivity contribution is 5.76. The van der Waals surface area contributed by atoms with Gasteiger partial charge in [-0.2, -0.15) is 0 Å². The van der Waals surface area contributed by atoms with E-state index in [9.17, 15) is 9.59 Å². The van der Waals surface area contributed by atoms with Gasteiger partial charge in [0.1, 0.15) is 11.6 Å². The lowest BCUT2D eigenvalue weighted by molar-refractivity contribution is -0.143. The fourth-order valence-electron chi connectivity index (χ4n) is 2.81. The number of ether oxygens (including phenoxy) is 2. The van der Waals surface area contributed by atoms with E-state index >= 15 is 0 Å². The van der Waals surface area contributed by atoms with E-state index in [2.05, 4.69) is 36.4 Å². The topological polar surface area (TPSA) is 89.5 Å². The van der Waals surface area contributed by atoms with Crippen molar-refractivity contribution in [2.75, 3.05) is 13.7 Å². The van der Waals surface area contributed by atoms with Crippen molar-refractivity contribution >= 4 is 12.1 Å². The van der Waals surface area contributed by atoms with Gasteiger partial charge in [0.25, 0.3) is 0 Å². The van der Waals surface area contributed by atoms with Crippen molar-refractivity contribution in [3.8, 4) is 0 Å². The molecule has 2 N–H and O–H groups in total. The molecule has 0 unspecified atom stereocenters. The highest BCUT2D eigenvalue weighted by atomic mass is 16.6. The average Bonchev–Trinajstić information content (AvgIpc) is 2.55. The Morgan fingerprint density at radius 2 is 1.86 bits per heavy atom. The highest BCUT2D eigenvalue weighted by Gasteiger charge is 2.26. The Morgan fingerprint density at radius 1 is 1.18 bits per heavy atom. The van der Waals surface area contributed by atoms with Crippen LogP contribution in [0.5, 0.6) is 0 Å². The molecule has 0 spiro atoms. The Kier molecular flexibility index (Phi) is 8.88. The number of hydrogen-bond donors (Lipinski definition) is 2. The van der Waals surface area contributed by atoms with E-state index < -0.39 is 17.7 Å². The molecular formula is C21H35N3O4. The molecule has 0 bridgehead atoms. The summed E-state index contributed by atoms with van der Waals surface area (Å²) < 4.78 is 10.3. The molecule has 28 heavy (non-hydrogen) atoms. The number of aromatic nitrogens is 1. The van der Waals surface area contributed by atoms with E-state index in [4.69, 9.17) is 9.47 Å². The molecule has 0 aromatic carbocycles. The van der Waals surface area contributed by atoms with Gasteiger partial charge in [-0.25, -0.2) is 4.79 Å².